The normalized spacial score (nSPS) is 14.3. The molecule has 0 aliphatic carbocycles. The van der Waals surface area contributed by atoms with Crippen molar-refractivity contribution in [2.24, 2.45) is 5.73 Å². The molecule has 0 fully saturated rings. The Morgan fingerprint density at radius 1 is 1.03 bits per heavy atom. The lowest BCUT2D eigenvalue weighted by molar-refractivity contribution is -0.136. The van der Waals surface area contributed by atoms with Crippen LogP contribution < -0.4 is 29.4 Å². The molecular formula is C27H24N2O6. The summed E-state index contributed by atoms with van der Waals surface area (Å²) in [5.74, 6) is 1.30. The number of esters is 1. The van der Waals surface area contributed by atoms with Gasteiger partial charge in [0.25, 0.3) is 0 Å². The summed E-state index contributed by atoms with van der Waals surface area (Å²) in [6, 6.07) is 21.6. The van der Waals surface area contributed by atoms with Gasteiger partial charge in [-0.1, -0.05) is 30.3 Å². The van der Waals surface area contributed by atoms with Crippen LogP contribution in [0, 0.1) is 11.3 Å². The number of para-hydroxylation sites is 2. The van der Waals surface area contributed by atoms with E-state index in [1.807, 2.05) is 31.2 Å². The van der Waals surface area contributed by atoms with Gasteiger partial charge in [0.05, 0.1) is 19.6 Å². The first-order valence-corrected chi connectivity index (χ1v) is 10.9. The summed E-state index contributed by atoms with van der Waals surface area (Å²) in [5, 5.41) is 9.74. The monoisotopic (exact) mass is 472 g/mol. The first kappa shape index (κ1) is 23.5. The van der Waals surface area contributed by atoms with Crippen LogP contribution >= 0.6 is 0 Å². The number of hydrogen-bond acceptors (Lipinski definition) is 8. The van der Waals surface area contributed by atoms with Gasteiger partial charge >= 0.3 is 5.97 Å². The summed E-state index contributed by atoms with van der Waals surface area (Å²) >= 11 is 0. The molecule has 0 amide bonds. The Morgan fingerprint density at radius 3 is 2.43 bits per heavy atom. The van der Waals surface area contributed by atoms with E-state index in [-0.39, 0.29) is 18.2 Å². The van der Waals surface area contributed by atoms with Gasteiger partial charge in [0.2, 0.25) is 5.88 Å². The third kappa shape index (κ3) is 5.14. The summed E-state index contributed by atoms with van der Waals surface area (Å²) < 4.78 is 27.4. The third-order valence-electron chi connectivity index (χ3n) is 5.36. The fourth-order valence-corrected chi connectivity index (χ4v) is 3.80. The Bertz CT molecular complexity index is 1290. The van der Waals surface area contributed by atoms with Crippen molar-refractivity contribution in [2.45, 2.75) is 12.8 Å². The molecule has 0 spiro atoms. The number of fused-ring (bicyclic) bond motifs is 1. The summed E-state index contributed by atoms with van der Waals surface area (Å²) in [5.41, 5.74) is 7.95. The minimum absolute atomic E-state index is 0.00173. The average molecular weight is 472 g/mol. The molecule has 8 nitrogen and oxygen atoms in total. The van der Waals surface area contributed by atoms with Crippen molar-refractivity contribution >= 4 is 5.97 Å². The number of nitrogens with zero attached hydrogens (tertiary/aromatic N) is 1. The zero-order valence-corrected chi connectivity index (χ0v) is 19.3. The molecule has 0 bridgehead atoms. The van der Waals surface area contributed by atoms with Crippen molar-refractivity contribution in [3.63, 3.8) is 0 Å². The van der Waals surface area contributed by atoms with Crippen LogP contribution in [-0.4, -0.2) is 26.3 Å². The van der Waals surface area contributed by atoms with Crippen LogP contribution in [0.5, 0.6) is 28.7 Å². The minimum atomic E-state index is -0.601. The van der Waals surface area contributed by atoms with Crippen LogP contribution in [0.15, 0.2) is 78.2 Å². The van der Waals surface area contributed by atoms with Crippen LogP contribution in [0.2, 0.25) is 0 Å². The molecule has 3 aromatic rings. The Kier molecular flexibility index (Phi) is 7.07. The Hall–Kier alpha value is -4.64. The largest absolute Gasteiger partial charge is 0.494 e. The average Bonchev–Trinajstić information content (AvgIpc) is 2.87. The SMILES string of the molecule is CCOc1ccc(C2C(C#N)=C(N)Oc3cc(OC(=O)COc4ccccc4OC)ccc32)cc1. The van der Waals surface area contributed by atoms with E-state index in [1.165, 1.54) is 7.11 Å². The quantitative estimate of drug-likeness (QED) is 0.381. The predicted octanol–water partition coefficient (Wildman–Crippen LogP) is 4.30. The standard InChI is InChI=1S/C27H24N2O6/c1-3-32-18-10-8-17(9-11-18)26-20-13-12-19(14-24(20)35-27(29)21(26)15-28)34-25(30)16-33-23-7-5-4-6-22(23)31-2/h4-14,26H,3,16,29H2,1-2H3. The van der Waals surface area contributed by atoms with Gasteiger partial charge in [-0.05, 0) is 42.8 Å². The molecule has 1 heterocycles. The highest BCUT2D eigenvalue weighted by molar-refractivity contribution is 5.74. The summed E-state index contributed by atoms with van der Waals surface area (Å²) in [6.07, 6.45) is 0. The summed E-state index contributed by atoms with van der Waals surface area (Å²) in [7, 11) is 1.52. The molecule has 1 aliphatic rings. The van der Waals surface area contributed by atoms with E-state index in [4.69, 9.17) is 29.4 Å². The fourth-order valence-electron chi connectivity index (χ4n) is 3.80. The number of benzene rings is 3. The number of rotatable bonds is 8. The van der Waals surface area contributed by atoms with Crippen LogP contribution in [0.25, 0.3) is 0 Å². The van der Waals surface area contributed by atoms with Crippen molar-refractivity contribution in [1.82, 2.24) is 0 Å². The van der Waals surface area contributed by atoms with Crippen LogP contribution in [-0.2, 0) is 4.79 Å². The van der Waals surface area contributed by atoms with Gasteiger partial charge < -0.3 is 29.4 Å². The molecule has 3 aromatic carbocycles. The van der Waals surface area contributed by atoms with Gasteiger partial charge in [-0.25, -0.2) is 4.79 Å². The molecule has 0 aromatic heterocycles. The second-order valence-corrected chi connectivity index (χ2v) is 7.54. The molecule has 1 atom stereocenters. The third-order valence-corrected chi connectivity index (χ3v) is 5.36. The molecule has 0 saturated carbocycles. The highest BCUT2D eigenvalue weighted by atomic mass is 16.6. The smallest absolute Gasteiger partial charge is 0.349 e. The van der Waals surface area contributed by atoms with E-state index in [1.54, 1.807) is 42.5 Å². The van der Waals surface area contributed by atoms with Crippen molar-refractivity contribution in [2.75, 3.05) is 20.3 Å². The number of carbonyl (C=O) groups excluding carboxylic acids is 1. The molecule has 1 unspecified atom stereocenters. The highest BCUT2D eigenvalue weighted by Gasteiger charge is 2.31. The highest BCUT2D eigenvalue weighted by Crippen LogP contribution is 2.43. The molecule has 8 heteroatoms. The van der Waals surface area contributed by atoms with Gasteiger partial charge in [0.1, 0.15) is 28.9 Å². The molecule has 1 aliphatic heterocycles. The van der Waals surface area contributed by atoms with Gasteiger partial charge in [-0.3, -0.25) is 0 Å². The maximum atomic E-state index is 12.4. The van der Waals surface area contributed by atoms with Crippen molar-refractivity contribution in [3.05, 3.63) is 89.3 Å². The zero-order chi connectivity index (χ0) is 24.8. The molecular weight excluding hydrogens is 448 g/mol. The summed E-state index contributed by atoms with van der Waals surface area (Å²) in [6.45, 7) is 2.16. The minimum Gasteiger partial charge on any atom is -0.494 e. The van der Waals surface area contributed by atoms with E-state index in [9.17, 15) is 10.1 Å². The van der Waals surface area contributed by atoms with Crippen molar-refractivity contribution < 1.29 is 28.5 Å². The number of ether oxygens (including phenoxy) is 5. The van der Waals surface area contributed by atoms with E-state index in [2.05, 4.69) is 6.07 Å². The lowest BCUT2D eigenvalue weighted by Gasteiger charge is -2.26. The molecule has 4 rings (SSSR count). The first-order valence-electron chi connectivity index (χ1n) is 10.9. The van der Waals surface area contributed by atoms with Crippen molar-refractivity contribution in [3.8, 4) is 34.8 Å². The van der Waals surface area contributed by atoms with Gasteiger partial charge in [0.15, 0.2) is 18.1 Å². The Balaban J connectivity index is 1.53. The van der Waals surface area contributed by atoms with E-state index in [0.29, 0.717) is 29.4 Å². The van der Waals surface area contributed by atoms with Crippen molar-refractivity contribution in [1.29, 1.82) is 5.26 Å². The number of nitrogens with two attached hydrogens (primary N) is 1. The van der Waals surface area contributed by atoms with E-state index < -0.39 is 11.9 Å². The molecule has 0 saturated heterocycles. The number of nitriles is 1. The van der Waals surface area contributed by atoms with Crippen LogP contribution in [0.1, 0.15) is 24.0 Å². The summed E-state index contributed by atoms with van der Waals surface area (Å²) in [4.78, 5) is 12.4. The molecule has 35 heavy (non-hydrogen) atoms. The van der Waals surface area contributed by atoms with Gasteiger partial charge in [-0.15, -0.1) is 0 Å². The fraction of sp³-hybridized carbons (Fsp3) is 0.185. The van der Waals surface area contributed by atoms with Crippen LogP contribution in [0.4, 0.5) is 0 Å². The second kappa shape index (κ2) is 10.5. The van der Waals surface area contributed by atoms with E-state index in [0.717, 1.165) is 16.9 Å². The van der Waals surface area contributed by atoms with Gasteiger partial charge in [-0.2, -0.15) is 5.26 Å². The molecule has 178 valence electrons. The molecule has 2 N–H and O–H groups in total. The first-order chi connectivity index (χ1) is 17.0. The van der Waals surface area contributed by atoms with E-state index >= 15 is 0 Å². The van der Waals surface area contributed by atoms with Crippen LogP contribution in [0.3, 0.4) is 0 Å². The topological polar surface area (TPSA) is 113 Å². The number of carbonyl (C=O) groups is 1. The lowest BCUT2D eigenvalue weighted by atomic mass is 9.83. The predicted molar refractivity (Wildman–Crippen MR) is 127 cm³/mol. The van der Waals surface area contributed by atoms with Gasteiger partial charge in [0, 0.05) is 11.6 Å². The Morgan fingerprint density at radius 2 is 1.74 bits per heavy atom. The Labute approximate surface area is 203 Å². The number of allylic oxidation sites excluding steroid dienone is 1. The lowest BCUT2D eigenvalue weighted by Crippen LogP contribution is -2.21. The number of methoxy groups -OCH3 is 1. The second-order valence-electron chi connectivity index (χ2n) is 7.54. The zero-order valence-electron chi connectivity index (χ0n) is 19.3. The molecule has 0 radical (unpaired) electrons. The maximum absolute atomic E-state index is 12.4. The number of hydrogen-bond donors (Lipinski definition) is 1. The maximum Gasteiger partial charge on any atom is 0.349 e.